The van der Waals surface area contributed by atoms with E-state index in [9.17, 15) is 8.78 Å². The van der Waals surface area contributed by atoms with Gasteiger partial charge in [0, 0.05) is 12.1 Å². The maximum absolute atomic E-state index is 12.8. The molecule has 0 unspecified atom stereocenters. The van der Waals surface area contributed by atoms with Crippen molar-refractivity contribution in [2.75, 3.05) is 0 Å². The van der Waals surface area contributed by atoms with Gasteiger partial charge in [-0.3, -0.25) is 0 Å². The van der Waals surface area contributed by atoms with Crippen LogP contribution in [0.15, 0.2) is 12.1 Å². The molecule has 11 heavy (non-hydrogen) atoms. The molecule has 0 saturated carbocycles. The van der Waals surface area contributed by atoms with E-state index in [1.165, 1.54) is 6.07 Å². The molecule has 55 valence electrons. The highest BCUT2D eigenvalue weighted by Gasteiger charge is 2.05. The normalized spacial score (nSPS) is 10.7. The summed E-state index contributed by atoms with van der Waals surface area (Å²) >= 11 is 1.04. The molecular weight excluding hydrogens is 168 g/mol. The van der Waals surface area contributed by atoms with Crippen LogP contribution in [0.4, 0.5) is 8.78 Å². The summed E-state index contributed by atoms with van der Waals surface area (Å²) in [7, 11) is 0. The van der Waals surface area contributed by atoms with Gasteiger partial charge in [-0.15, -0.1) is 11.3 Å². The summed E-state index contributed by atoms with van der Waals surface area (Å²) in [6.45, 7) is 0. The monoisotopic (exact) mass is 170 g/mol. The van der Waals surface area contributed by atoms with E-state index in [1.54, 1.807) is 0 Å². The average Bonchev–Trinajstić information content (AvgIpc) is 2.34. The lowest BCUT2D eigenvalue weighted by Crippen LogP contribution is -1.78. The minimum Gasteiger partial charge on any atom is -0.233 e. The van der Waals surface area contributed by atoms with E-state index in [0.29, 0.717) is 10.2 Å². The van der Waals surface area contributed by atoms with Crippen LogP contribution in [0, 0.1) is 17.1 Å². The van der Waals surface area contributed by atoms with Crippen LogP contribution in [-0.2, 0) is 0 Å². The van der Waals surface area contributed by atoms with E-state index in [4.69, 9.17) is 0 Å². The predicted octanol–water partition coefficient (Wildman–Crippen LogP) is 2.37. The van der Waals surface area contributed by atoms with Crippen LogP contribution in [0.2, 0.25) is 0 Å². The molecule has 1 heterocycles. The number of hydrogen-bond donors (Lipinski definition) is 0. The van der Waals surface area contributed by atoms with Crippen molar-refractivity contribution in [2.45, 2.75) is 0 Å². The van der Waals surface area contributed by atoms with E-state index in [1.807, 2.05) is 0 Å². The third-order valence-electron chi connectivity index (χ3n) is 1.30. The van der Waals surface area contributed by atoms with Crippen molar-refractivity contribution in [3.63, 3.8) is 0 Å². The molecule has 1 aromatic carbocycles. The smallest absolute Gasteiger partial charge is 0.153 e. The van der Waals surface area contributed by atoms with Crippen LogP contribution in [0.5, 0.6) is 0 Å². The van der Waals surface area contributed by atoms with Gasteiger partial charge in [0.15, 0.2) is 5.51 Å². The molecule has 2 aromatic rings. The highest BCUT2D eigenvalue weighted by molar-refractivity contribution is 7.16. The first kappa shape index (κ1) is 6.67. The Kier molecular flexibility index (Phi) is 1.35. The molecule has 0 N–H and O–H groups in total. The molecule has 2 rings (SSSR count). The Labute approximate surface area is 65.3 Å². The third kappa shape index (κ3) is 0.991. The van der Waals surface area contributed by atoms with Crippen molar-refractivity contribution < 1.29 is 8.78 Å². The van der Waals surface area contributed by atoms with Gasteiger partial charge in [-0.25, -0.2) is 13.8 Å². The SMILES string of the molecule is Fc1cc(F)c2s[c]nc2c1. The number of fused-ring (bicyclic) bond motifs is 1. The number of halogens is 2. The minimum absolute atomic E-state index is 0.326. The van der Waals surface area contributed by atoms with Gasteiger partial charge >= 0.3 is 0 Å². The van der Waals surface area contributed by atoms with Crippen LogP contribution in [0.3, 0.4) is 0 Å². The van der Waals surface area contributed by atoms with Crippen LogP contribution < -0.4 is 0 Å². The van der Waals surface area contributed by atoms with Gasteiger partial charge in [-0.2, -0.15) is 0 Å². The number of hydrogen-bond acceptors (Lipinski definition) is 2. The zero-order valence-corrected chi connectivity index (χ0v) is 6.08. The fourth-order valence-corrected chi connectivity index (χ4v) is 1.45. The molecule has 0 aliphatic carbocycles. The second kappa shape index (κ2) is 2.23. The van der Waals surface area contributed by atoms with Gasteiger partial charge in [-0.05, 0) is 0 Å². The van der Waals surface area contributed by atoms with Crippen molar-refractivity contribution in [3.8, 4) is 0 Å². The lowest BCUT2D eigenvalue weighted by atomic mass is 10.3. The summed E-state index contributed by atoms with van der Waals surface area (Å²) in [6, 6.07) is 2.03. The molecule has 0 fully saturated rings. The van der Waals surface area contributed by atoms with Gasteiger partial charge in [0.25, 0.3) is 0 Å². The van der Waals surface area contributed by atoms with Crippen LogP contribution in [0.25, 0.3) is 10.2 Å². The maximum Gasteiger partial charge on any atom is 0.153 e. The summed E-state index contributed by atoms with van der Waals surface area (Å²) in [6.07, 6.45) is 0. The standard InChI is InChI=1S/C7H2F2NS/c8-4-1-5(9)7-6(2-4)10-3-11-7/h1-2H. The average molecular weight is 170 g/mol. The topological polar surface area (TPSA) is 12.9 Å². The molecule has 0 amide bonds. The predicted molar refractivity (Wildman–Crippen MR) is 38.4 cm³/mol. The zero-order valence-electron chi connectivity index (χ0n) is 5.27. The van der Waals surface area contributed by atoms with Crippen LogP contribution in [-0.4, -0.2) is 4.98 Å². The Balaban J connectivity index is 2.91. The first-order chi connectivity index (χ1) is 5.27. The molecule has 0 aliphatic rings. The molecule has 0 aliphatic heterocycles. The van der Waals surface area contributed by atoms with E-state index < -0.39 is 11.6 Å². The second-order valence-corrected chi connectivity index (χ2v) is 2.84. The fraction of sp³-hybridized carbons (Fsp3) is 0. The third-order valence-corrected chi connectivity index (χ3v) is 2.09. The van der Waals surface area contributed by atoms with Crippen LogP contribution in [0.1, 0.15) is 0 Å². The molecule has 4 heteroatoms. The Morgan fingerprint density at radius 3 is 3.00 bits per heavy atom. The summed E-state index contributed by atoms with van der Waals surface area (Å²) in [5, 5.41) is 0. The van der Waals surface area contributed by atoms with Crippen molar-refractivity contribution in [1.82, 2.24) is 4.98 Å². The van der Waals surface area contributed by atoms with Gasteiger partial charge in [0.2, 0.25) is 0 Å². The number of aromatic nitrogens is 1. The fourth-order valence-electron chi connectivity index (χ4n) is 0.849. The highest BCUT2D eigenvalue weighted by Crippen LogP contribution is 2.21. The number of nitrogens with zero attached hydrogens (tertiary/aromatic N) is 1. The lowest BCUT2D eigenvalue weighted by molar-refractivity contribution is 0.593. The second-order valence-electron chi connectivity index (χ2n) is 2.04. The molecule has 0 bridgehead atoms. The molecule has 0 saturated heterocycles. The Morgan fingerprint density at radius 1 is 1.36 bits per heavy atom. The Hall–Kier alpha value is -1.03. The van der Waals surface area contributed by atoms with Gasteiger partial charge < -0.3 is 0 Å². The molecular formula is C7H2F2NS. The summed E-state index contributed by atoms with van der Waals surface area (Å²) in [4.78, 5) is 3.65. The van der Waals surface area contributed by atoms with Crippen molar-refractivity contribution in [1.29, 1.82) is 0 Å². The van der Waals surface area contributed by atoms with Crippen molar-refractivity contribution in [3.05, 3.63) is 29.3 Å². The summed E-state index contributed by atoms with van der Waals surface area (Å²) < 4.78 is 25.6. The molecule has 0 atom stereocenters. The summed E-state index contributed by atoms with van der Waals surface area (Å²) in [5.41, 5.74) is 2.82. The van der Waals surface area contributed by atoms with Gasteiger partial charge in [0.05, 0.1) is 10.2 Å². The van der Waals surface area contributed by atoms with E-state index in [-0.39, 0.29) is 0 Å². The number of rotatable bonds is 0. The highest BCUT2D eigenvalue weighted by atomic mass is 32.1. The first-order valence-electron chi connectivity index (χ1n) is 2.89. The maximum atomic E-state index is 12.8. The number of benzene rings is 1. The Bertz CT molecular complexity index is 396. The van der Waals surface area contributed by atoms with E-state index >= 15 is 0 Å². The molecule has 1 radical (unpaired) electrons. The van der Waals surface area contributed by atoms with E-state index in [0.717, 1.165) is 17.4 Å². The molecule has 0 spiro atoms. The van der Waals surface area contributed by atoms with E-state index in [2.05, 4.69) is 10.5 Å². The van der Waals surface area contributed by atoms with Crippen LogP contribution >= 0.6 is 11.3 Å². The largest absolute Gasteiger partial charge is 0.233 e. The summed E-state index contributed by atoms with van der Waals surface area (Å²) in [5.74, 6) is -1.17. The number of thiazole rings is 1. The minimum atomic E-state index is -0.603. The quantitative estimate of drug-likeness (QED) is 0.591. The Morgan fingerprint density at radius 2 is 2.18 bits per heavy atom. The van der Waals surface area contributed by atoms with Gasteiger partial charge in [0.1, 0.15) is 11.6 Å². The van der Waals surface area contributed by atoms with Gasteiger partial charge in [-0.1, -0.05) is 0 Å². The lowest BCUT2D eigenvalue weighted by Gasteiger charge is -1.89. The first-order valence-corrected chi connectivity index (χ1v) is 3.70. The zero-order chi connectivity index (χ0) is 7.84. The van der Waals surface area contributed by atoms with Crippen molar-refractivity contribution in [2.24, 2.45) is 0 Å². The van der Waals surface area contributed by atoms with Crippen molar-refractivity contribution >= 4 is 21.6 Å². The molecule has 1 nitrogen and oxygen atoms in total. The molecule has 1 aromatic heterocycles.